The molecule has 0 spiro atoms. The maximum Gasteiger partial charge on any atom is 0.228 e. The molecular weight excluding hydrogens is 212 g/mol. The van der Waals surface area contributed by atoms with Crippen molar-refractivity contribution in [2.24, 2.45) is 10.8 Å². The molecule has 0 N–H and O–H groups in total. The summed E-state index contributed by atoms with van der Waals surface area (Å²) in [5.74, 6) is 0.329. The number of likely N-dealkylation sites (tertiary alicyclic amines) is 1. The van der Waals surface area contributed by atoms with Crippen LogP contribution in [0.15, 0.2) is 0 Å². The van der Waals surface area contributed by atoms with Crippen LogP contribution < -0.4 is 0 Å². The lowest BCUT2D eigenvalue weighted by Gasteiger charge is -2.38. The van der Waals surface area contributed by atoms with Crippen molar-refractivity contribution in [2.75, 3.05) is 13.1 Å². The molecule has 1 aliphatic heterocycles. The number of carbonyl (C=O) groups is 1. The molecule has 2 fully saturated rings. The predicted octanol–water partition coefficient (Wildman–Crippen LogP) is 2.72. The lowest BCUT2D eigenvalue weighted by Crippen LogP contribution is -2.47. The quantitative estimate of drug-likeness (QED) is 0.700. The van der Waals surface area contributed by atoms with Gasteiger partial charge >= 0.3 is 0 Å². The first-order valence-electron chi connectivity index (χ1n) is 6.70. The molecule has 0 unspecified atom stereocenters. The third-order valence-electron chi connectivity index (χ3n) is 4.65. The third-order valence-corrected chi connectivity index (χ3v) is 4.65. The van der Waals surface area contributed by atoms with Crippen LogP contribution in [0.25, 0.3) is 0 Å². The standard InChI is InChI=1S/C14H22N2O/c1-13(11-15)7-9-16(10-8-13)12(17)14(2)5-3-4-6-14/h3-10H2,1-2H3. The molecule has 0 bridgehead atoms. The zero-order valence-corrected chi connectivity index (χ0v) is 11.0. The Morgan fingerprint density at radius 3 is 2.12 bits per heavy atom. The van der Waals surface area contributed by atoms with Gasteiger partial charge in [-0.3, -0.25) is 4.79 Å². The van der Waals surface area contributed by atoms with Crippen LogP contribution in [0.1, 0.15) is 52.4 Å². The van der Waals surface area contributed by atoms with Crippen molar-refractivity contribution in [3.63, 3.8) is 0 Å². The van der Waals surface area contributed by atoms with E-state index in [0.717, 1.165) is 38.8 Å². The molecule has 2 aliphatic rings. The van der Waals surface area contributed by atoms with E-state index in [0.29, 0.717) is 5.91 Å². The molecule has 1 saturated heterocycles. The van der Waals surface area contributed by atoms with E-state index in [1.807, 2.05) is 11.8 Å². The van der Waals surface area contributed by atoms with Crippen LogP contribution in [0.5, 0.6) is 0 Å². The van der Waals surface area contributed by atoms with Crippen LogP contribution in [0.2, 0.25) is 0 Å². The molecule has 1 aliphatic carbocycles. The fourth-order valence-electron chi connectivity index (χ4n) is 3.07. The highest BCUT2D eigenvalue weighted by molar-refractivity contribution is 5.82. The molecule has 0 aromatic heterocycles. The molecule has 94 valence electrons. The fourth-order valence-corrected chi connectivity index (χ4v) is 3.07. The Bertz CT molecular complexity index is 342. The number of hydrogen-bond donors (Lipinski definition) is 0. The van der Waals surface area contributed by atoms with Crippen LogP contribution in [-0.4, -0.2) is 23.9 Å². The van der Waals surface area contributed by atoms with Gasteiger partial charge in [-0.2, -0.15) is 5.26 Å². The van der Waals surface area contributed by atoms with E-state index in [2.05, 4.69) is 13.0 Å². The highest BCUT2D eigenvalue weighted by Crippen LogP contribution is 2.40. The van der Waals surface area contributed by atoms with Crippen molar-refractivity contribution >= 4 is 5.91 Å². The number of rotatable bonds is 1. The summed E-state index contributed by atoms with van der Waals surface area (Å²) >= 11 is 0. The Kier molecular flexibility index (Phi) is 3.16. The highest BCUT2D eigenvalue weighted by atomic mass is 16.2. The van der Waals surface area contributed by atoms with Crippen molar-refractivity contribution in [3.8, 4) is 6.07 Å². The second-order valence-corrected chi connectivity index (χ2v) is 6.23. The lowest BCUT2D eigenvalue weighted by atomic mass is 9.80. The van der Waals surface area contributed by atoms with Crippen LogP contribution in [0.4, 0.5) is 0 Å². The average molecular weight is 234 g/mol. The smallest absolute Gasteiger partial charge is 0.228 e. The highest BCUT2D eigenvalue weighted by Gasteiger charge is 2.41. The number of nitriles is 1. The Hall–Kier alpha value is -1.04. The Morgan fingerprint density at radius 2 is 1.65 bits per heavy atom. The van der Waals surface area contributed by atoms with E-state index < -0.39 is 0 Å². The van der Waals surface area contributed by atoms with Crippen LogP contribution in [-0.2, 0) is 4.79 Å². The summed E-state index contributed by atoms with van der Waals surface area (Å²) in [6, 6.07) is 2.38. The minimum atomic E-state index is -0.215. The number of carbonyl (C=O) groups excluding carboxylic acids is 1. The summed E-state index contributed by atoms with van der Waals surface area (Å²) in [5.41, 5.74) is -0.326. The maximum atomic E-state index is 12.5. The van der Waals surface area contributed by atoms with Gasteiger partial charge in [0.2, 0.25) is 5.91 Å². The van der Waals surface area contributed by atoms with Gasteiger partial charge in [-0.15, -0.1) is 0 Å². The van der Waals surface area contributed by atoms with Gasteiger partial charge in [0.15, 0.2) is 0 Å². The van der Waals surface area contributed by atoms with Gasteiger partial charge in [0.1, 0.15) is 0 Å². The van der Waals surface area contributed by atoms with E-state index in [-0.39, 0.29) is 10.8 Å². The van der Waals surface area contributed by atoms with Crippen molar-refractivity contribution < 1.29 is 4.79 Å². The summed E-state index contributed by atoms with van der Waals surface area (Å²) in [6.07, 6.45) is 6.10. The molecule has 0 aromatic carbocycles. The third kappa shape index (κ3) is 2.31. The molecule has 1 amide bonds. The van der Waals surface area contributed by atoms with Crippen molar-refractivity contribution in [1.82, 2.24) is 4.90 Å². The fraction of sp³-hybridized carbons (Fsp3) is 0.857. The first-order chi connectivity index (χ1) is 7.99. The summed E-state index contributed by atoms with van der Waals surface area (Å²) in [4.78, 5) is 14.5. The Labute approximate surface area is 104 Å². The van der Waals surface area contributed by atoms with Crippen LogP contribution in [0, 0.1) is 22.2 Å². The molecule has 0 aromatic rings. The second kappa shape index (κ2) is 4.33. The molecule has 3 heteroatoms. The van der Waals surface area contributed by atoms with Gasteiger partial charge < -0.3 is 4.90 Å². The maximum absolute atomic E-state index is 12.5. The minimum Gasteiger partial charge on any atom is -0.342 e. The second-order valence-electron chi connectivity index (χ2n) is 6.23. The summed E-state index contributed by atoms with van der Waals surface area (Å²) in [5, 5.41) is 9.08. The Balaban J connectivity index is 1.97. The summed E-state index contributed by atoms with van der Waals surface area (Å²) in [7, 11) is 0. The number of piperidine rings is 1. The molecule has 1 heterocycles. The van der Waals surface area contributed by atoms with E-state index in [9.17, 15) is 4.79 Å². The molecule has 2 rings (SSSR count). The Morgan fingerprint density at radius 1 is 1.12 bits per heavy atom. The first-order valence-corrected chi connectivity index (χ1v) is 6.70. The van der Waals surface area contributed by atoms with E-state index in [1.165, 1.54) is 12.8 Å². The van der Waals surface area contributed by atoms with Gasteiger partial charge in [0.25, 0.3) is 0 Å². The molecule has 3 nitrogen and oxygen atoms in total. The monoisotopic (exact) mass is 234 g/mol. The normalized spacial score (nSPS) is 26.5. The van der Waals surface area contributed by atoms with Gasteiger partial charge in [0.05, 0.1) is 11.5 Å². The van der Waals surface area contributed by atoms with Gasteiger partial charge in [-0.1, -0.05) is 19.8 Å². The van der Waals surface area contributed by atoms with E-state index >= 15 is 0 Å². The topological polar surface area (TPSA) is 44.1 Å². The lowest BCUT2D eigenvalue weighted by molar-refractivity contribution is -0.142. The SMILES string of the molecule is CC1(C#N)CCN(C(=O)C2(C)CCCC2)CC1. The number of hydrogen-bond acceptors (Lipinski definition) is 2. The molecule has 17 heavy (non-hydrogen) atoms. The van der Waals surface area contributed by atoms with Crippen molar-refractivity contribution in [2.45, 2.75) is 52.4 Å². The zero-order chi connectivity index (χ0) is 12.5. The predicted molar refractivity (Wildman–Crippen MR) is 66.1 cm³/mol. The van der Waals surface area contributed by atoms with E-state index in [4.69, 9.17) is 5.26 Å². The van der Waals surface area contributed by atoms with Gasteiger partial charge in [0, 0.05) is 18.5 Å². The largest absolute Gasteiger partial charge is 0.342 e. The number of nitrogens with zero attached hydrogens (tertiary/aromatic N) is 2. The van der Waals surface area contributed by atoms with Crippen molar-refractivity contribution in [3.05, 3.63) is 0 Å². The molecule has 1 saturated carbocycles. The zero-order valence-electron chi connectivity index (χ0n) is 11.0. The average Bonchev–Trinajstić information content (AvgIpc) is 2.78. The number of amides is 1. The van der Waals surface area contributed by atoms with Crippen molar-refractivity contribution in [1.29, 1.82) is 5.26 Å². The van der Waals surface area contributed by atoms with Gasteiger partial charge in [-0.05, 0) is 32.6 Å². The van der Waals surface area contributed by atoms with Crippen LogP contribution >= 0.6 is 0 Å². The molecule has 0 atom stereocenters. The first kappa shape index (κ1) is 12.4. The molecule has 0 radical (unpaired) electrons. The summed E-state index contributed by atoms with van der Waals surface area (Å²) < 4.78 is 0. The minimum absolute atomic E-state index is 0.111. The van der Waals surface area contributed by atoms with E-state index in [1.54, 1.807) is 0 Å². The van der Waals surface area contributed by atoms with Gasteiger partial charge in [-0.25, -0.2) is 0 Å². The molecular formula is C14H22N2O. The summed E-state index contributed by atoms with van der Waals surface area (Å²) in [6.45, 7) is 5.64. The van der Waals surface area contributed by atoms with Crippen LogP contribution in [0.3, 0.4) is 0 Å².